The van der Waals surface area contributed by atoms with Crippen LogP contribution in [0.2, 0.25) is 0 Å². The molecule has 1 N–H and O–H groups in total. The zero-order chi connectivity index (χ0) is 15.8. The summed E-state index contributed by atoms with van der Waals surface area (Å²) in [5, 5.41) is 13.9. The number of aromatic hydroxyl groups is 1. The van der Waals surface area contributed by atoms with Crippen LogP contribution in [0.1, 0.15) is 0 Å². The van der Waals surface area contributed by atoms with Crippen molar-refractivity contribution in [2.24, 2.45) is 0 Å². The average Bonchev–Trinajstić information content (AvgIpc) is 2.71. The zero-order valence-electron chi connectivity index (χ0n) is 12.4. The van der Waals surface area contributed by atoms with E-state index in [1.165, 1.54) is 0 Å². The molecule has 0 bridgehead atoms. The van der Waals surface area contributed by atoms with E-state index in [0.29, 0.717) is 16.3 Å². The van der Waals surface area contributed by atoms with E-state index in [2.05, 4.69) is 0 Å². The quantitative estimate of drug-likeness (QED) is 0.552. The molecule has 110 valence electrons. The van der Waals surface area contributed by atoms with Crippen LogP contribution in [0.5, 0.6) is 5.75 Å². The van der Waals surface area contributed by atoms with Crippen molar-refractivity contribution in [2.45, 2.75) is 0 Å². The van der Waals surface area contributed by atoms with Gasteiger partial charge in [-0.25, -0.2) is 0 Å². The fourth-order valence-electron chi connectivity index (χ4n) is 3.09. The molecule has 0 saturated carbocycles. The molecule has 4 aromatic carbocycles. The molecule has 4 rings (SSSR count). The smallest absolute Gasteiger partial charge is 0.197 e. The molecule has 0 heterocycles. The van der Waals surface area contributed by atoms with Gasteiger partial charge in [-0.2, -0.15) is 0 Å². The van der Waals surface area contributed by atoms with Crippen LogP contribution in [-0.4, -0.2) is 5.11 Å². The molecule has 0 aliphatic rings. The maximum atomic E-state index is 13.1. The van der Waals surface area contributed by atoms with Gasteiger partial charge < -0.3 is 5.11 Å². The molecule has 0 spiro atoms. The Morgan fingerprint density at radius 2 is 1.04 bits per heavy atom. The molecule has 0 aromatic heterocycles. The van der Waals surface area contributed by atoms with E-state index < -0.39 is 0 Å². The van der Waals surface area contributed by atoms with E-state index >= 15 is 0 Å². The van der Waals surface area contributed by atoms with Gasteiger partial charge in [-0.1, -0.05) is 78.9 Å². The summed E-state index contributed by atoms with van der Waals surface area (Å²) in [4.78, 5) is 13.1. The fraction of sp³-hybridized carbons (Fsp3) is 0. The Balaban J connectivity index is 2.34. The molecule has 2 nitrogen and oxygen atoms in total. The molecule has 2 heteroatoms. The highest BCUT2D eigenvalue weighted by Gasteiger charge is 2.14. The van der Waals surface area contributed by atoms with E-state index in [0.717, 1.165) is 16.3 Å². The lowest BCUT2D eigenvalue weighted by Crippen LogP contribution is -2.02. The molecule has 0 saturated heterocycles. The summed E-state index contributed by atoms with van der Waals surface area (Å²) in [6.45, 7) is 0. The van der Waals surface area contributed by atoms with Crippen LogP contribution in [0, 0.1) is 0 Å². The van der Waals surface area contributed by atoms with Crippen molar-refractivity contribution >= 4 is 21.5 Å². The summed E-state index contributed by atoms with van der Waals surface area (Å²) in [7, 11) is 0. The van der Waals surface area contributed by atoms with Gasteiger partial charge in [0.05, 0.1) is 5.56 Å². The number of hydrogen-bond acceptors (Lipinski definition) is 2. The number of hydrogen-bond donors (Lipinski definition) is 1. The summed E-state index contributed by atoms with van der Waals surface area (Å²) < 4.78 is 0. The molecule has 0 amide bonds. The van der Waals surface area contributed by atoms with Crippen molar-refractivity contribution in [3.05, 3.63) is 89.1 Å². The summed E-state index contributed by atoms with van der Waals surface area (Å²) >= 11 is 0. The second-order valence-electron chi connectivity index (χ2n) is 5.51. The van der Waals surface area contributed by atoms with Crippen molar-refractivity contribution in [3.8, 4) is 16.9 Å². The minimum atomic E-state index is -0.152. The highest BCUT2D eigenvalue weighted by molar-refractivity contribution is 6.10. The van der Waals surface area contributed by atoms with Gasteiger partial charge in [0, 0.05) is 10.8 Å². The Hall–Kier alpha value is -3.13. The van der Waals surface area contributed by atoms with Crippen molar-refractivity contribution in [1.82, 2.24) is 0 Å². The van der Waals surface area contributed by atoms with E-state index in [1.54, 1.807) is 0 Å². The van der Waals surface area contributed by atoms with Crippen LogP contribution < -0.4 is 5.43 Å². The molecule has 0 aliphatic heterocycles. The van der Waals surface area contributed by atoms with Gasteiger partial charge in [0.15, 0.2) is 5.43 Å². The molecule has 23 heavy (non-hydrogen) atoms. The van der Waals surface area contributed by atoms with Crippen molar-refractivity contribution in [1.29, 1.82) is 0 Å². The van der Waals surface area contributed by atoms with Crippen LogP contribution in [0.3, 0.4) is 0 Å². The van der Waals surface area contributed by atoms with Gasteiger partial charge >= 0.3 is 0 Å². The summed E-state index contributed by atoms with van der Waals surface area (Å²) in [6.07, 6.45) is 0. The summed E-state index contributed by atoms with van der Waals surface area (Å²) in [6, 6.07) is 24.4. The Kier molecular flexibility index (Phi) is 3.09. The lowest BCUT2D eigenvalue weighted by atomic mass is 10.0. The molecular formula is C21H14O2. The second-order valence-corrected chi connectivity index (χ2v) is 5.51. The first-order valence-corrected chi connectivity index (χ1v) is 7.49. The monoisotopic (exact) mass is 298 g/mol. The molecule has 4 aromatic rings. The molecule has 0 atom stereocenters. The normalized spacial score (nSPS) is 11.0. The molecule has 0 aliphatic carbocycles. The highest BCUT2D eigenvalue weighted by Crippen LogP contribution is 2.35. The van der Waals surface area contributed by atoms with Gasteiger partial charge in [-0.15, -0.1) is 0 Å². The minimum Gasteiger partial charge on any atom is -0.507 e. The van der Waals surface area contributed by atoms with Gasteiger partial charge in [-0.3, -0.25) is 4.79 Å². The maximum Gasteiger partial charge on any atom is 0.197 e. The van der Waals surface area contributed by atoms with Gasteiger partial charge in [0.2, 0.25) is 0 Å². The largest absolute Gasteiger partial charge is 0.507 e. The first-order chi connectivity index (χ1) is 11.3. The minimum absolute atomic E-state index is 0.0352. The molecule has 0 radical (unpaired) electrons. The van der Waals surface area contributed by atoms with E-state index in [9.17, 15) is 9.90 Å². The summed E-state index contributed by atoms with van der Waals surface area (Å²) in [5.41, 5.74) is 0.921. The van der Waals surface area contributed by atoms with Gasteiger partial charge in [0.1, 0.15) is 5.75 Å². The van der Waals surface area contributed by atoms with Gasteiger partial charge in [-0.05, 0) is 16.3 Å². The third-order valence-corrected chi connectivity index (χ3v) is 4.17. The van der Waals surface area contributed by atoms with Crippen LogP contribution >= 0.6 is 0 Å². The topological polar surface area (TPSA) is 37.3 Å². The fourth-order valence-corrected chi connectivity index (χ4v) is 3.09. The van der Waals surface area contributed by atoms with Crippen molar-refractivity contribution in [3.63, 3.8) is 0 Å². The Morgan fingerprint density at radius 3 is 1.70 bits per heavy atom. The second kappa shape index (κ2) is 5.25. The highest BCUT2D eigenvalue weighted by atomic mass is 16.3. The Bertz CT molecular complexity index is 1080. The van der Waals surface area contributed by atoms with Crippen molar-refractivity contribution < 1.29 is 5.11 Å². The predicted octanol–water partition coefficient (Wildman–Crippen LogP) is 4.73. The number of fused-ring (bicyclic) bond motifs is 3. The lowest BCUT2D eigenvalue weighted by Gasteiger charge is -2.02. The zero-order valence-corrected chi connectivity index (χ0v) is 12.4. The lowest BCUT2D eigenvalue weighted by molar-refractivity contribution is 0.483. The van der Waals surface area contributed by atoms with Gasteiger partial charge in [0.25, 0.3) is 0 Å². The standard InChI is InChI=1S/C21H14O2/c22-20-17-12-6-4-10-15(17)16-11-5-7-13-18(16)21(23)19(20)14-8-2-1-3-9-14/h1-13,22H. The first kappa shape index (κ1) is 13.5. The number of benzene rings is 3. The average molecular weight is 298 g/mol. The SMILES string of the molecule is O=c1c(-c2ccccc2)c(O)c2ccccc2c2ccccc12. The van der Waals surface area contributed by atoms with E-state index in [1.807, 2.05) is 78.9 Å². The molecular weight excluding hydrogens is 284 g/mol. The Labute approximate surface area is 133 Å². The van der Waals surface area contributed by atoms with Crippen LogP contribution in [-0.2, 0) is 0 Å². The first-order valence-electron chi connectivity index (χ1n) is 7.49. The molecule has 0 fully saturated rings. The van der Waals surface area contributed by atoms with E-state index in [-0.39, 0.29) is 11.2 Å². The third kappa shape index (κ3) is 2.08. The van der Waals surface area contributed by atoms with Crippen molar-refractivity contribution in [2.75, 3.05) is 0 Å². The van der Waals surface area contributed by atoms with Crippen LogP contribution in [0.15, 0.2) is 83.7 Å². The van der Waals surface area contributed by atoms with Crippen LogP contribution in [0.4, 0.5) is 0 Å². The maximum absolute atomic E-state index is 13.1. The predicted molar refractivity (Wildman–Crippen MR) is 94.8 cm³/mol. The Morgan fingerprint density at radius 1 is 0.565 bits per heavy atom. The van der Waals surface area contributed by atoms with Crippen LogP contribution in [0.25, 0.3) is 32.7 Å². The number of rotatable bonds is 1. The molecule has 0 unspecified atom stereocenters. The third-order valence-electron chi connectivity index (χ3n) is 4.17. The van der Waals surface area contributed by atoms with E-state index in [4.69, 9.17) is 0 Å². The summed E-state index contributed by atoms with van der Waals surface area (Å²) in [5.74, 6) is 0.0352.